The second-order valence-electron chi connectivity index (χ2n) is 8.86. The molecule has 2 N–H and O–H groups in total. The van der Waals surface area contributed by atoms with Crippen LogP contribution in [-0.4, -0.2) is 43.7 Å². The lowest BCUT2D eigenvalue weighted by atomic mass is 9.79. The van der Waals surface area contributed by atoms with Crippen molar-refractivity contribution in [2.24, 2.45) is 13.0 Å². The van der Waals surface area contributed by atoms with Crippen molar-refractivity contribution >= 4 is 5.91 Å². The lowest BCUT2D eigenvalue weighted by Crippen LogP contribution is -2.62. The van der Waals surface area contributed by atoms with Gasteiger partial charge in [-0.05, 0) is 31.7 Å². The van der Waals surface area contributed by atoms with Crippen molar-refractivity contribution in [3.8, 4) is 0 Å². The number of nitrogens with one attached hydrogen (secondary N) is 1. The third kappa shape index (κ3) is 4.23. The molecule has 4 rings (SSSR count). The monoisotopic (exact) mass is 396 g/mol. The molecule has 1 aliphatic carbocycles. The number of aromatic nitrogens is 2. The second kappa shape index (κ2) is 8.28. The summed E-state index contributed by atoms with van der Waals surface area (Å²) >= 11 is 0. The third-order valence-electron chi connectivity index (χ3n) is 6.71. The lowest BCUT2D eigenvalue weighted by Gasteiger charge is -2.49. The van der Waals surface area contributed by atoms with Gasteiger partial charge in [-0.15, -0.1) is 0 Å². The molecule has 1 saturated carbocycles. The average Bonchev–Trinajstić information content (AvgIpc) is 3.38. The molecule has 1 amide bonds. The quantitative estimate of drug-likeness (QED) is 0.815. The normalized spacial score (nSPS) is 28.5. The van der Waals surface area contributed by atoms with Crippen LogP contribution in [-0.2, 0) is 18.4 Å². The van der Waals surface area contributed by atoms with Crippen LogP contribution in [0.4, 0.5) is 0 Å². The zero-order valence-electron chi connectivity index (χ0n) is 17.4. The first-order chi connectivity index (χ1) is 14.0. The molecule has 2 heterocycles. The van der Waals surface area contributed by atoms with Gasteiger partial charge < -0.3 is 15.0 Å². The Bertz CT molecular complexity index is 826. The molecular formula is C23H32N4O2. The van der Waals surface area contributed by atoms with Crippen LogP contribution in [0.15, 0.2) is 42.7 Å². The first kappa shape index (κ1) is 20.1. The standard InChI is InChI=1S/C23H32N4O2/c1-23(29)12-14-27(16-19-24-13-15-26(19)2)20(17-8-4-3-5-9-17)21(23)25-22(28)18-10-6-7-11-18/h3-5,8-9,13,15,18,20-21,29H,6-7,10-12,14,16H2,1-2H3,(H,25,28). The molecule has 6 heteroatoms. The molecule has 1 aromatic heterocycles. The predicted octanol–water partition coefficient (Wildman–Crippen LogP) is 2.79. The molecule has 6 nitrogen and oxygen atoms in total. The van der Waals surface area contributed by atoms with E-state index in [9.17, 15) is 9.90 Å². The van der Waals surface area contributed by atoms with E-state index < -0.39 is 5.60 Å². The number of hydrogen-bond acceptors (Lipinski definition) is 4. The summed E-state index contributed by atoms with van der Waals surface area (Å²) in [6.07, 6.45) is 8.51. The minimum atomic E-state index is -0.965. The van der Waals surface area contributed by atoms with E-state index in [0.717, 1.165) is 43.6 Å². The molecule has 1 aliphatic heterocycles. The molecule has 0 bridgehead atoms. The Labute approximate surface area is 172 Å². The first-order valence-corrected chi connectivity index (χ1v) is 10.7. The fourth-order valence-corrected chi connectivity index (χ4v) is 4.87. The number of aryl methyl sites for hydroxylation is 1. The summed E-state index contributed by atoms with van der Waals surface area (Å²) in [4.78, 5) is 19.8. The molecular weight excluding hydrogens is 364 g/mol. The molecule has 1 saturated heterocycles. The maximum atomic E-state index is 13.0. The Hall–Kier alpha value is -2.18. The van der Waals surface area contributed by atoms with E-state index in [2.05, 4.69) is 27.3 Å². The molecule has 3 unspecified atom stereocenters. The summed E-state index contributed by atoms with van der Waals surface area (Å²) in [5.41, 5.74) is 0.144. The van der Waals surface area contributed by atoms with Crippen molar-refractivity contribution < 1.29 is 9.90 Å². The molecule has 2 aromatic rings. The van der Waals surface area contributed by atoms with Gasteiger partial charge >= 0.3 is 0 Å². The Kier molecular flexibility index (Phi) is 5.74. The van der Waals surface area contributed by atoms with Crippen molar-refractivity contribution in [3.05, 3.63) is 54.1 Å². The van der Waals surface area contributed by atoms with E-state index >= 15 is 0 Å². The number of imidazole rings is 1. The van der Waals surface area contributed by atoms with Crippen LogP contribution in [0.1, 0.15) is 56.5 Å². The summed E-state index contributed by atoms with van der Waals surface area (Å²) in [5, 5.41) is 14.6. The number of piperidine rings is 1. The highest BCUT2D eigenvalue weighted by molar-refractivity contribution is 5.79. The number of carbonyl (C=O) groups excluding carboxylic acids is 1. The topological polar surface area (TPSA) is 70.4 Å². The van der Waals surface area contributed by atoms with Gasteiger partial charge in [-0.25, -0.2) is 4.98 Å². The summed E-state index contributed by atoms with van der Waals surface area (Å²) < 4.78 is 2.03. The van der Waals surface area contributed by atoms with Crippen molar-refractivity contribution in [3.63, 3.8) is 0 Å². The zero-order valence-corrected chi connectivity index (χ0v) is 17.4. The van der Waals surface area contributed by atoms with Crippen molar-refractivity contribution in [2.45, 2.75) is 63.3 Å². The van der Waals surface area contributed by atoms with Gasteiger partial charge in [0.15, 0.2) is 0 Å². The maximum absolute atomic E-state index is 13.0. The minimum absolute atomic E-state index is 0.0761. The number of rotatable bonds is 5. The Morgan fingerprint density at radius 1 is 1.28 bits per heavy atom. The molecule has 0 radical (unpaired) electrons. The zero-order chi connectivity index (χ0) is 20.4. The Balaban J connectivity index is 1.65. The van der Waals surface area contributed by atoms with Crippen LogP contribution in [0, 0.1) is 5.92 Å². The second-order valence-corrected chi connectivity index (χ2v) is 8.86. The van der Waals surface area contributed by atoms with Crippen molar-refractivity contribution in [1.82, 2.24) is 19.8 Å². The van der Waals surface area contributed by atoms with E-state index in [1.165, 1.54) is 0 Å². The third-order valence-corrected chi connectivity index (χ3v) is 6.71. The molecule has 29 heavy (non-hydrogen) atoms. The van der Waals surface area contributed by atoms with Gasteiger partial charge in [-0.1, -0.05) is 43.2 Å². The summed E-state index contributed by atoms with van der Waals surface area (Å²) in [6.45, 7) is 3.28. The van der Waals surface area contributed by atoms with Gasteiger partial charge in [0.25, 0.3) is 0 Å². The van der Waals surface area contributed by atoms with Gasteiger partial charge in [0.1, 0.15) is 5.82 Å². The van der Waals surface area contributed by atoms with Crippen LogP contribution < -0.4 is 5.32 Å². The van der Waals surface area contributed by atoms with Crippen LogP contribution in [0.25, 0.3) is 0 Å². The Morgan fingerprint density at radius 3 is 2.66 bits per heavy atom. The molecule has 2 aliphatic rings. The van der Waals surface area contributed by atoms with E-state index in [1.54, 1.807) is 0 Å². The molecule has 2 fully saturated rings. The first-order valence-electron chi connectivity index (χ1n) is 10.7. The smallest absolute Gasteiger partial charge is 0.223 e. The SMILES string of the molecule is Cn1ccnc1CN1CCC(C)(O)C(NC(=O)C2CCCC2)C1c1ccccc1. The van der Waals surface area contributed by atoms with Gasteiger partial charge in [-0.3, -0.25) is 9.69 Å². The maximum Gasteiger partial charge on any atom is 0.223 e. The highest BCUT2D eigenvalue weighted by Gasteiger charge is 2.46. The average molecular weight is 397 g/mol. The number of benzene rings is 1. The predicted molar refractivity (Wildman–Crippen MR) is 112 cm³/mol. The van der Waals surface area contributed by atoms with Crippen LogP contribution in [0.2, 0.25) is 0 Å². The lowest BCUT2D eigenvalue weighted by molar-refractivity contribution is -0.132. The number of aliphatic hydroxyl groups is 1. The van der Waals surface area contributed by atoms with E-state index in [-0.39, 0.29) is 23.9 Å². The van der Waals surface area contributed by atoms with Crippen LogP contribution in [0.3, 0.4) is 0 Å². The molecule has 1 aromatic carbocycles. The van der Waals surface area contributed by atoms with Crippen LogP contribution >= 0.6 is 0 Å². The van der Waals surface area contributed by atoms with Crippen molar-refractivity contribution in [2.75, 3.05) is 6.54 Å². The molecule has 3 atom stereocenters. The summed E-state index contributed by atoms with van der Waals surface area (Å²) in [6, 6.07) is 9.74. The van der Waals surface area contributed by atoms with Crippen LogP contribution in [0.5, 0.6) is 0 Å². The number of amides is 1. The number of carbonyl (C=O) groups is 1. The summed E-state index contributed by atoms with van der Waals surface area (Å²) in [5.74, 6) is 1.15. The Morgan fingerprint density at radius 2 is 2.00 bits per heavy atom. The fourth-order valence-electron chi connectivity index (χ4n) is 4.87. The van der Waals surface area contributed by atoms with E-state index in [0.29, 0.717) is 13.0 Å². The highest BCUT2D eigenvalue weighted by atomic mass is 16.3. The van der Waals surface area contributed by atoms with Gasteiger partial charge in [0.2, 0.25) is 5.91 Å². The molecule has 156 valence electrons. The number of nitrogens with zero attached hydrogens (tertiary/aromatic N) is 3. The van der Waals surface area contributed by atoms with Crippen molar-refractivity contribution in [1.29, 1.82) is 0 Å². The largest absolute Gasteiger partial charge is 0.388 e. The van der Waals surface area contributed by atoms with Gasteiger partial charge in [0, 0.05) is 31.9 Å². The van der Waals surface area contributed by atoms with Gasteiger partial charge in [-0.2, -0.15) is 0 Å². The fraction of sp³-hybridized carbons (Fsp3) is 0.565. The number of likely N-dealkylation sites (tertiary alicyclic amines) is 1. The van der Waals surface area contributed by atoms with E-state index in [4.69, 9.17) is 0 Å². The van der Waals surface area contributed by atoms with E-state index in [1.807, 2.05) is 49.1 Å². The van der Waals surface area contributed by atoms with Gasteiger partial charge in [0.05, 0.1) is 24.2 Å². The highest BCUT2D eigenvalue weighted by Crippen LogP contribution is 2.38. The molecule has 0 spiro atoms. The summed E-state index contributed by atoms with van der Waals surface area (Å²) in [7, 11) is 2.00. The minimum Gasteiger partial charge on any atom is -0.388 e. The number of hydrogen-bond donors (Lipinski definition) is 2.